The van der Waals surface area contributed by atoms with Crippen molar-refractivity contribution in [3.05, 3.63) is 30.4 Å². The predicted octanol–water partition coefficient (Wildman–Crippen LogP) is 2.01. The number of rotatable bonds is 4. The fraction of sp³-hybridized carbons (Fsp3) is 0.389. The summed E-state index contributed by atoms with van der Waals surface area (Å²) in [5.41, 5.74) is 0.809. The van der Waals surface area contributed by atoms with Gasteiger partial charge in [0.2, 0.25) is 0 Å². The number of imidazole rings is 1. The number of carbonyl (C=O) groups excluding carboxylic acids is 1. The van der Waals surface area contributed by atoms with Crippen LogP contribution in [-0.4, -0.2) is 65.7 Å². The van der Waals surface area contributed by atoms with Gasteiger partial charge in [-0.3, -0.25) is 4.79 Å². The molecule has 1 saturated heterocycles. The molecule has 0 N–H and O–H groups in total. The number of methoxy groups -OCH3 is 2. The molecule has 0 saturated carbocycles. The molecular formula is C18H21N5O3S. The fourth-order valence-corrected chi connectivity index (χ4v) is 4.35. The first-order valence-electron chi connectivity index (χ1n) is 8.65. The standard InChI is InChI=1S/C18H21N5O3S/c1-21-7-6-19-16(21)17(24)22-8-10-23(11-9-22)18-20-14-12(25-2)4-5-13(26-3)15(14)27-18/h4-7H,8-11H2,1-3H3. The molecule has 1 aromatic carbocycles. The van der Waals surface area contributed by atoms with Gasteiger partial charge in [-0.05, 0) is 12.1 Å². The molecule has 142 valence electrons. The van der Waals surface area contributed by atoms with E-state index in [1.807, 2.05) is 24.1 Å². The van der Waals surface area contributed by atoms with Gasteiger partial charge in [-0.15, -0.1) is 0 Å². The topological polar surface area (TPSA) is 72.7 Å². The molecule has 0 radical (unpaired) electrons. The van der Waals surface area contributed by atoms with Gasteiger partial charge in [-0.25, -0.2) is 9.97 Å². The number of thiazole rings is 1. The molecule has 0 aliphatic carbocycles. The van der Waals surface area contributed by atoms with Crippen molar-refractivity contribution in [2.75, 3.05) is 45.3 Å². The Morgan fingerprint density at radius 2 is 1.81 bits per heavy atom. The lowest BCUT2D eigenvalue weighted by Gasteiger charge is -2.34. The highest BCUT2D eigenvalue weighted by Gasteiger charge is 2.26. The van der Waals surface area contributed by atoms with Crippen LogP contribution in [0.5, 0.6) is 11.5 Å². The zero-order chi connectivity index (χ0) is 19.0. The highest BCUT2D eigenvalue weighted by Crippen LogP contribution is 2.40. The first-order valence-corrected chi connectivity index (χ1v) is 9.47. The van der Waals surface area contributed by atoms with Gasteiger partial charge in [0.25, 0.3) is 5.91 Å². The zero-order valence-electron chi connectivity index (χ0n) is 15.5. The van der Waals surface area contributed by atoms with Crippen molar-refractivity contribution >= 4 is 32.6 Å². The predicted molar refractivity (Wildman–Crippen MR) is 104 cm³/mol. The summed E-state index contributed by atoms with van der Waals surface area (Å²) in [5, 5.41) is 0.914. The molecule has 8 nitrogen and oxygen atoms in total. The minimum Gasteiger partial charge on any atom is -0.495 e. The fourth-order valence-electron chi connectivity index (χ4n) is 3.22. The number of aromatic nitrogens is 3. The maximum Gasteiger partial charge on any atom is 0.289 e. The number of piperazine rings is 1. The maximum absolute atomic E-state index is 12.6. The third kappa shape index (κ3) is 3.08. The zero-order valence-corrected chi connectivity index (χ0v) is 16.3. The van der Waals surface area contributed by atoms with Crippen molar-refractivity contribution < 1.29 is 14.3 Å². The van der Waals surface area contributed by atoms with E-state index in [-0.39, 0.29) is 5.91 Å². The average molecular weight is 387 g/mol. The monoisotopic (exact) mass is 387 g/mol. The van der Waals surface area contributed by atoms with Crippen LogP contribution < -0.4 is 14.4 Å². The second-order valence-corrected chi connectivity index (χ2v) is 7.26. The third-order valence-corrected chi connectivity index (χ3v) is 5.88. The minimum absolute atomic E-state index is 0.0326. The van der Waals surface area contributed by atoms with Gasteiger partial charge in [-0.1, -0.05) is 11.3 Å². The van der Waals surface area contributed by atoms with Crippen LogP contribution in [0.2, 0.25) is 0 Å². The van der Waals surface area contributed by atoms with Gasteiger partial charge in [0.05, 0.1) is 14.2 Å². The van der Waals surface area contributed by atoms with Crippen molar-refractivity contribution in [1.82, 2.24) is 19.4 Å². The Kier molecular flexibility index (Phi) is 4.61. The number of benzene rings is 1. The number of anilines is 1. The number of hydrogen-bond acceptors (Lipinski definition) is 7. The van der Waals surface area contributed by atoms with Gasteiger partial charge in [0, 0.05) is 45.6 Å². The first kappa shape index (κ1) is 17.6. The number of ether oxygens (including phenoxy) is 2. The number of carbonyl (C=O) groups is 1. The molecule has 9 heteroatoms. The maximum atomic E-state index is 12.6. The molecule has 3 aromatic rings. The molecule has 0 bridgehead atoms. The molecule has 4 rings (SSSR count). The van der Waals surface area contributed by atoms with E-state index in [2.05, 4.69) is 9.88 Å². The molecule has 2 aromatic heterocycles. The van der Waals surface area contributed by atoms with E-state index in [9.17, 15) is 4.79 Å². The van der Waals surface area contributed by atoms with Crippen LogP contribution in [0, 0.1) is 0 Å². The first-order chi connectivity index (χ1) is 13.1. The van der Waals surface area contributed by atoms with E-state index in [1.165, 1.54) is 0 Å². The lowest BCUT2D eigenvalue weighted by atomic mass is 10.3. The summed E-state index contributed by atoms with van der Waals surface area (Å²) >= 11 is 1.58. The number of aryl methyl sites for hydroxylation is 1. The molecule has 0 atom stereocenters. The molecule has 1 aliphatic heterocycles. The Labute approximate surface area is 160 Å². The van der Waals surface area contributed by atoms with Gasteiger partial charge in [0.1, 0.15) is 21.7 Å². The Morgan fingerprint density at radius 1 is 1.11 bits per heavy atom. The van der Waals surface area contributed by atoms with Crippen LogP contribution in [0.3, 0.4) is 0 Å². The average Bonchev–Trinajstić information content (AvgIpc) is 3.33. The van der Waals surface area contributed by atoms with Gasteiger partial charge in [-0.2, -0.15) is 0 Å². The van der Waals surface area contributed by atoms with Crippen molar-refractivity contribution in [2.24, 2.45) is 7.05 Å². The minimum atomic E-state index is -0.0326. The largest absolute Gasteiger partial charge is 0.495 e. The van der Waals surface area contributed by atoms with Crippen molar-refractivity contribution in [3.63, 3.8) is 0 Å². The summed E-state index contributed by atoms with van der Waals surface area (Å²) in [5.74, 6) is 1.96. The van der Waals surface area contributed by atoms with Gasteiger partial charge >= 0.3 is 0 Å². The van der Waals surface area contributed by atoms with Crippen LogP contribution in [0.4, 0.5) is 5.13 Å². The lowest BCUT2D eigenvalue weighted by Crippen LogP contribution is -2.49. The van der Waals surface area contributed by atoms with Gasteiger partial charge < -0.3 is 23.8 Å². The normalized spacial score (nSPS) is 14.6. The Bertz CT molecular complexity index is 934. The Balaban J connectivity index is 1.53. The summed E-state index contributed by atoms with van der Waals surface area (Å²) in [6, 6.07) is 3.76. The van der Waals surface area contributed by atoms with Crippen LogP contribution in [0.25, 0.3) is 10.2 Å². The van der Waals surface area contributed by atoms with Crippen molar-refractivity contribution in [1.29, 1.82) is 0 Å². The second-order valence-electron chi connectivity index (χ2n) is 6.29. The van der Waals surface area contributed by atoms with Crippen molar-refractivity contribution in [2.45, 2.75) is 0 Å². The Hall–Kier alpha value is -2.81. The summed E-state index contributed by atoms with van der Waals surface area (Å²) < 4.78 is 13.6. The smallest absolute Gasteiger partial charge is 0.289 e. The molecule has 27 heavy (non-hydrogen) atoms. The highest BCUT2D eigenvalue weighted by molar-refractivity contribution is 7.22. The molecule has 1 amide bonds. The van der Waals surface area contributed by atoms with Gasteiger partial charge in [0.15, 0.2) is 11.0 Å². The van der Waals surface area contributed by atoms with E-state index in [1.54, 1.807) is 42.5 Å². The van der Waals surface area contributed by atoms with Crippen LogP contribution >= 0.6 is 11.3 Å². The van der Waals surface area contributed by atoms with Crippen molar-refractivity contribution in [3.8, 4) is 11.5 Å². The quantitative estimate of drug-likeness (QED) is 0.682. The summed E-state index contributed by atoms with van der Waals surface area (Å²) in [6.07, 6.45) is 3.43. The third-order valence-electron chi connectivity index (χ3n) is 4.75. The SMILES string of the molecule is COc1ccc(OC)c2sc(N3CCN(C(=O)c4nccn4C)CC3)nc12. The highest BCUT2D eigenvalue weighted by atomic mass is 32.1. The molecule has 0 unspecified atom stereocenters. The lowest BCUT2D eigenvalue weighted by molar-refractivity contribution is 0.0731. The number of hydrogen-bond donors (Lipinski definition) is 0. The molecule has 1 fully saturated rings. The Morgan fingerprint density at radius 3 is 2.44 bits per heavy atom. The number of fused-ring (bicyclic) bond motifs is 1. The second kappa shape index (κ2) is 7.07. The molecule has 3 heterocycles. The number of amides is 1. The summed E-state index contributed by atoms with van der Waals surface area (Å²) in [4.78, 5) is 25.6. The van der Waals surface area contributed by atoms with E-state index < -0.39 is 0 Å². The molecule has 0 spiro atoms. The van der Waals surface area contributed by atoms with Crippen LogP contribution in [0.1, 0.15) is 10.6 Å². The summed E-state index contributed by atoms with van der Waals surface area (Å²) in [7, 11) is 5.13. The summed E-state index contributed by atoms with van der Waals surface area (Å²) in [6.45, 7) is 2.72. The molecule has 1 aliphatic rings. The number of nitrogens with zero attached hydrogens (tertiary/aromatic N) is 5. The van der Waals surface area contributed by atoms with E-state index >= 15 is 0 Å². The van der Waals surface area contributed by atoms with Crippen LogP contribution in [-0.2, 0) is 7.05 Å². The van der Waals surface area contributed by atoms with E-state index in [0.29, 0.717) is 18.9 Å². The van der Waals surface area contributed by atoms with E-state index in [4.69, 9.17) is 14.5 Å². The molecular weight excluding hydrogens is 366 g/mol. The van der Waals surface area contributed by atoms with Crippen LogP contribution in [0.15, 0.2) is 24.5 Å². The van der Waals surface area contributed by atoms with E-state index in [0.717, 1.165) is 39.9 Å².